The minimum Gasteiger partial charge on any atom is -0.508 e. The first-order chi connectivity index (χ1) is 6.77. The van der Waals surface area contributed by atoms with E-state index in [-0.39, 0.29) is 5.54 Å². The summed E-state index contributed by atoms with van der Waals surface area (Å²) in [7, 11) is 0. The molecule has 76 valence electrons. The zero-order chi connectivity index (χ0) is 10.0. The Balaban J connectivity index is 2.27. The van der Waals surface area contributed by atoms with Crippen LogP contribution in [0.5, 0.6) is 5.75 Å². The average Bonchev–Trinajstić information content (AvgIpc) is 2.11. The number of phenols is 1. The molecule has 0 aliphatic carbocycles. The van der Waals surface area contributed by atoms with Gasteiger partial charge in [-0.1, -0.05) is 12.1 Å². The quantitative estimate of drug-likeness (QED) is 0.667. The van der Waals surface area contributed by atoms with Crippen LogP contribution in [0.1, 0.15) is 18.4 Å². The highest BCUT2D eigenvalue weighted by atomic mass is 16.3. The van der Waals surface area contributed by atoms with Gasteiger partial charge in [0.05, 0.1) is 0 Å². The highest BCUT2D eigenvalue weighted by molar-refractivity contribution is 5.34. The zero-order valence-corrected chi connectivity index (χ0v) is 8.16. The van der Waals surface area contributed by atoms with Gasteiger partial charge in [0.1, 0.15) is 5.75 Å². The molecule has 3 heteroatoms. The Morgan fingerprint density at radius 3 is 2.79 bits per heavy atom. The molecule has 2 rings (SSSR count). The van der Waals surface area contributed by atoms with E-state index in [1.807, 2.05) is 18.2 Å². The van der Waals surface area contributed by atoms with E-state index in [9.17, 15) is 5.11 Å². The maximum atomic E-state index is 9.41. The Labute approximate surface area is 83.9 Å². The number of aromatic hydroxyl groups is 1. The van der Waals surface area contributed by atoms with Crippen LogP contribution in [-0.2, 0) is 5.54 Å². The normalized spacial score (nSPS) is 25.8. The maximum absolute atomic E-state index is 9.41. The topological polar surface area (TPSA) is 58.3 Å². The first-order valence-electron chi connectivity index (χ1n) is 5.01. The molecule has 0 spiro atoms. The molecule has 4 N–H and O–H groups in total. The molecule has 0 aromatic heterocycles. The van der Waals surface area contributed by atoms with Crippen LogP contribution in [0.3, 0.4) is 0 Å². The van der Waals surface area contributed by atoms with Gasteiger partial charge in [0.15, 0.2) is 0 Å². The molecular weight excluding hydrogens is 176 g/mol. The van der Waals surface area contributed by atoms with E-state index in [4.69, 9.17) is 5.73 Å². The monoisotopic (exact) mass is 192 g/mol. The van der Waals surface area contributed by atoms with E-state index < -0.39 is 0 Å². The molecule has 0 bridgehead atoms. The predicted octanol–water partition coefficient (Wildman–Crippen LogP) is 0.930. The summed E-state index contributed by atoms with van der Waals surface area (Å²) in [4.78, 5) is 0. The summed E-state index contributed by atoms with van der Waals surface area (Å²) in [6.07, 6.45) is 2.03. The fourth-order valence-electron chi connectivity index (χ4n) is 2.08. The highest BCUT2D eigenvalue weighted by Gasteiger charge is 2.37. The summed E-state index contributed by atoms with van der Waals surface area (Å²) in [5, 5.41) is 12.8. The summed E-state index contributed by atoms with van der Waals surface area (Å²) in [6, 6.07) is 7.44. The summed E-state index contributed by atoms with van der Waals surface area (Å²) >= 11 is 0. The van der Waals surface area contributed by atoms with Crippen molar-refractivity contribution < 1.29 is 5.11 Å². The molecule has 1 fully saturated rings. The van der Waals surface area contributed by atoms with Gasteiger partial charge >= 0.3 is 0 Å². The van der Waals surface area contributed by atoms with Crippen molar-refractivity contribution in [2.24, 2.45) is 5.73 Å². The molecule has 1 unspecified atom stereocenters. The number of benzene rings is 1. The lowest BCUT2D eigenvalue weighted by atomic mass is 9.78. The third-order valence-corrected chi connectivity index (χ3v) is 2.99. The molecule has 1 heterocycles. The van der Waals surface area contributed by atoms with Gasteiger partial charge in [-0.05, 0) is 43.6 Å². The van der Waals surface area contributed by atoms with Crippen molar-refractivity contribution in [3.8, 4) is 5.75 Å². The fraction of sp³-hybridized carbons (Fsp3) is 0.455. The van der Waals surface area contributed by atoms with E-state index in [0.29, 0.717) is 12.3 Å². The summed E-state index contributed by atoms with van der Waals surface area (Å²) < 4.78 is 0. The Hall–Kier alpha value is -1.06. The van der Waals surface area contributed by atoms with E-state index in [0.717, 1.165) is 24.9 Å². The smallest absolute Gasteiger partial charge is 0.115 e. The van der Waals surface area contributed by atoms with Gasteiger partial charge < -0.3 is 16.2 Å². The van der Waals surface area contributed by atoms with E-state index >= 15 is 0 Å². The van der Waals surface area contributed by atoms with Crippen LogP contribution in [0.2, 0.25) is 0 Å². The van der Waals surface area contributed by atoms with Crippen molar-refractivity contribution in [1.29, 1.82) is 0 Å². The number of nitrogens with two attached hydrogens (primary N) is 1. The fourth-order valence-corrected chi connectivity index (χ4v) is 2.08. The molecule has 14 heavy (non-hydrogen) atoms. The van der Waals surface area contributed by atoms with Crippen LogP contribution >= 0.6 is 0 Å². The number of hydrogen-bond donors (Lipinski definition) is 3. The van der Waals surface area contributed by atoms with Gasteiger partial charge in [0.2, 0.25) is 0 Å². The van der Waals surface area contributed by atoms with Crippen molar-refractivity contribution in [2.45, 2.75) is 18.4 Å². The van der Waals surface area contributed by atoms with Crippen LogP contribution in [0.15, 0.2) is 24.3 Å². The maximum Gasteiger partial charge on any atom is 0.115 e. The molecule has 3 nitrogen and oxygen atoms in total. The Morgan fingerprint density at radius 2 is 2.29 bits per heavy atom. The number of rotatable bonds is 3. The van der Waals surface area contributed by atoms with Crippen molar-refractivity contribution >= 4 is 0 Å². The van der Waals surface area contributed by atoms with Gasteiger partial charge in [-0.2, -0.15) is 0 Å². The Bertz CT molecular complexity index is 321. The van der Waals surface area contributed by atoms with Crippen LogP contribution in [0.25, 0.3) is 0 Å². The van der Waals surface area contributed by atoms with Gasteiger partial charge in [0.25, 0.3) is 0 Å². The molecule has 1 aliphatic heterocycles. The zero-order valence-electron chi connectivity index (χ0n) is 8.16. The average molecular weight is 192 g/mol. The standard InChI is InChI=1S/C11H16N2O/c12-6-4-11(5-7-13-11)9-2-1-3-10(14)8-9/h1-3,8,13-14H,4-7,12H2. The van der Waals surface area contributed by atoms with E-state index in [1.165, 1.54) is 0 Å². The molecule has 1 atom stereocenters. The van der Waals surface area contributed by atoms with Crippen molar-refractivity contribution in [2.75, 3.05) is 13.1 Å². The largest absolute Gasteiger partial charge is 0.508 e. The third kappa shape index (κ3) is 1.49. The molecule has 1 aromatic carbocycles. The number of phenolic OH excluding ortho intramolecular Hbond substituents is 1. The summed E-state index contributed by atoms with van der Waals surface area (Å²) in [5.74, 6) is 0.326. The second-order valence-corrected chi connectivity index (χ2v) is 3.85. The lowest BCUT2D eigenvalue weighted by molar-refractivity contribution is 0.196. The Kier molecular flexibility index (Phi) is 2.44. The molecule has 1 aromatic rings. The molecule has 1 aliphatic rings. The lowest BCUT2D eigenvalue weighted by Crippen LogP contribution is -2.55. The number of hydrogen-bond acceptors (Lipinski definition) is 3. The summed E-state index contributed by atoms with van der Waals surface area (Å²) in [6.45, 7) is 1.71. The first-order valence-corrected chi connectivity index (χ1v) is 5.01. The minimum absolute atomic E-state index is 0.0213. The van der Waals surface area contributed by atoms with Gasteiger partial charge in [-0.25, -0.2) is 0 Å². The molecule has 0 amide bonds. The SMILES string of the molecule is NCCC1(c2cccc(O)c2)CCN1. The molecule has 0 saturated carbocycles. The third-order valence-electron chi connectivity index (χ3n) is 2.99. The number of nitrogens with one attached hydrogen (secondary N) is 1. The van der Waals surface area contributed by atoms with Crippen LogP contribution in [-0.4, -0.2) is 18.2 Å². The Morgan fingerprint density at radius 1 is 1.50 bits per heavy atom. The van der Waals surface area contributed by atoms with Gasteiger partial charge in [-0.3, -0.25) is 0 Å². The van der Waals surface area contributed by atoms with Crippen LogP contribution in [0.4, 0.5) is 0 Å². The summed E-state index contributed by atoms with van der Waals surface area (Å²) in [5.41, 5.74) is 6.77. The highest BCUT2D eigenvalue weighted by Crippen LogP contribution is 2.35. The minimum atomic E-state index is 0.0213. The van der Waals surface area contributed by atoms with Gasteiger partial charge in [0, 0.05) is 5.54 Å². The van der Waals surface area contributed by atoms with E-state index in [2.05, 4.69) is 5.32 Å². The molecule has 1 saturated heterocycles. The first kappa shape index (κ1) is 9.49. The second kappa shape index (κ2) is 3.59. The van der Waals surface area contributed by atoms with Gasteiger partial charge in [-0.15, -0.1) is 0 Å². The lowest BCUT2D eigenvalue weighted by Gasteiger charge is -2.44. The van der Waals surface area contributed by atoms with Crippen molar-refractivity contribution in [3.05, 3.63) is 29.8 Å². The van der Waals surface area contributed by atoms with Crippen LogP contribution in [0, 0.1) is 0 Å². The van der Waals surface area contributed by atoms with Crippen molar-refractivity contribution in [3.63, 3.8) is 0 Å². The molecule has 0 radical (unpaired) electrons. The van der Waals surface area contributed by atoms with Crippen molar-refractivity contribution in [1.82, 2.24) is 5.32 Å². The second-order valence-electron chi connectivity index (χ2n) is 3.85. The van der Waals surface area contributed by atoms with Crippen LogP contribution < -0.4 is 11.1 Å². The predicted molar refractivity (Wildman–Crippen MR) is 56.1 cm³/mol. The van der Waals surface area contributed by atoms with E-state index in [1.54, 1.807) is 6.07 Å². The molecular formula is C11H16N2O.